The van der Waals surface area contributed by atoms with Crippen LogP contribution < -0.4 is 0 Å². The highest BCUT2D eigenvalue weighted by Crippen LogP contribution is 2.38. The van der Waals surface area contributed by atoms with Crippen molar-refractivity contribution in [3.8, 4) is 0 Å². The van der Waals surface area contributed by atoms with E-state index in [4.69, 9.17) is 9.31 Å². The van der Waals surface area contributed by atoms with Gasteiger partial charge in [0.25, 0.3) is 5.69 Å². The van der Waals surface area contributed by atoms with Crippen molar-refractivity contribution in [3.05, 3.63) is 39.9 Å². The first kappa shape index (κ1) is 14.0. The lowest BCUT2D eigenvalue weighted by molar-refractivity contribution is -0.385. The molecule has 1 fully saturated rings. The Hall–Kier alpha value is -1.40. The predicted octanol–water partition coefficient (Wildman–Crippen LogP) is 2.77. The average molecular weight is 263 g/mol. The first-order valence-electron chi connectivity index (χ1n) is 6.31. The minimum atomic E-state index is -0.453. The molecule has 5 nitrogen and oxygen atoms in total. The van der Waals surface area contributed by atoms with E-state index in [1.54, 1.807) is 18.2 Å². The van der Waals surface area contributed by atoms with Crippen LogP contribution in [0.15, 0.2) is 24.3 Å². The third-order valence-electron chi connectivity index (χ3n) is 3.88. The fourth-order valence-electron chi connectivity index (χ4n) is 2.09. The van der Waals surface area contributed by atoms with Crippen molar-refractivity contribution in [1.82, 2.24) is 0 Å². The molecule has 0 radical (unpaired) electrons. The zero-order chi connectivity index (χ0) is 14.3. The van der Waals surface area contributed by atoms with Crippen LogP contribution in [0.1, 0.15) is 33.3 Å². The molecule has 0 atom stereocenters. The van der Waals surface area contributed by atoms with E-state index in [9.17, 15) is 10.1 Å². The molecule has 0 N–H and O–H groups in total. The maximum Gasteiger partial charge on any atom is 0.462 e. The molecule has 19 heavy (non-hydrogen) atoms. The van der Waals surface area contributed by atoms with Crippen molar-refractivity contribution in [1.29, 1.82) is 0 Å². The lowest BCUT2D eigenvalue weighted by Gasteiger charge is -2.32. The van der Waals surface area contributed by atoms with E-state index in [1.807, 2.05) is 27.7 Å². The standard InChI is InChI=1S/C13H18BNO4/c1-12(2)13(3,4)19-14(18-12)9-10-7-5-6-8-11(10)15(16)17/h5-8H,9H2,1-4H3. The highest BCUT2D eigenvalue weighted by Gasteiger charge is 2.51. The maximum atomic E-state index is 11.0. The zero-order valence-electron chi connectivity index (χ0n) is 11.7. The Bertz CT molecular complexity index is 485. The second-order valence-corrected chi connectivity index (χ2v) is 5.78. The van der Waals surface area contributed by atoms with E-state index in [0.29, 0.717) is 11.9 Å². The van der Waals surface area contributed by atoms with Crippen LogP contribution in [0.3, 0.4) is 0 Å². The van der Waals surface area contributed by atoms with Gasteiger partial charge in [-0.05, 0) is 27.7 Å². The maximum absolute atomic E-state index is 11.0. The summed E-state index contributed by atoms with van der Waals surface area (Å²) in [5.74, 6) is 0. The molecular formula is C13H18BNO4. The molecule has 1 aromatic rings. The minimum Gasteiger partial charge on any atom is -0.403 e. The molecule has 1 aromatic carbocycles. The molecular weight excluding hydrogens is 245 g/mol. The largest absolute Gasteiger partial charge is 0.462 e. The van der Waals surface area contributed by atoms with Crippen molar-refractivity contribution in [3.63, 3.8) is 0 Å². The van der Waals surface area contributed by atoms with Crippen molar-refractivity contribution >= 4 is 12.8 Å². The molecule has 102 valence electrons. The lowest BCUT2D eigenvalue weighted by Crippen LogP contribution is -2.41. The Morgan fingerprint density at radius 2 is 1.68 bits per heavy atom. The molecule has 0 amide bonds. The van der Waals surface area contributed by atoms with Crippen LogP contribution in [0.5, 0.6) is 0 Å². The smallest absolute Gasteiger partial charge is 0.403 e. The number of nitro groups is 1. The first-order chi connectivity index (χ1) is 8.73. The summed E-state index contributed by atoms with van der Waals surface area (Å²) in [4.78, 5) is 10.6. The highest BCUT2D eigenvalue weighted by atomic mass is 16.7. The lowest BCUT2D eigenvalue weighted by atomic mass is 9.80. The number of para-hydroxylation sites is 1. The van der Waals surface area contributed by atoms with Gasteiger partial charge in [-0.2, -0.15) is 0 Å². The number of benzene rings is 1. The number of hydrogen-bond donors (Lipinski definition) is 0. The zero-order valence-corrected chi connectivity index (χ0v) is 11.7. The number of nitro benzene ring substituents is 1. The van der Waals surface area contributed by atoms with Gasteiger partial charge in [0.2, 0.25) is 0 Å². The van der Waals surface area contributed by atoms with Gasteiger partial charge in [0.15, 0.2) is 0 Å². The molecule has 0 spiro atoms. The summed E-state index contributed by atoms with van der Waals surface area (Å²) < 4.78 is 11.7. The van der Waals surface area contributed by atoms with Gasteiger partial charge in [0.1, 0.15) is 0 Å². The molecule has 1 saturated heterocycles. The number of hydrogen-bond acceptors (Lipinski definition) is 4. The van der Waals surface area contributed by atoms with Crippen LogP contribution in [0.4, 0.5) is 5.69 Å². The van der Waals surface area contributed by atoms with Gasteiger partial charge in [-0.1, -0.05) is 18.2 Å². The van der Waals surface area contributed by atoms with Crippen molar-refractivity contribution < 1.29 is 14.2 Å². The molecule has 1 aliphatic rings. The molecule has 0 aromatic heterocycles. The monoisotopic (exact) mass is 263 g/mol. The van der Waals surface area contributed by atoms with Gasteiger partial charge in [-0.25, -0.2) is 0 Å². The van der Waals surface area contributed by atoms with Crippen molar-refractivity contribution in [2.45, 2.75) is 45.2 Å². The molecule has 6 heteroatoms. The molecule has 0 saturated carbocycles. The average Bonchev–Trinajstić information content (AvgIpc) is 2.47. The van der Waals surface area contributed by atoms with E-state index in [-0.39, 0.29) is 10.6 Å². The molecule has 1 aliphatic heterocycles. The van der Waals surface area contributed by atoms with Crippen LogP contribution in [-0.4, -0.2) is 23.2 Å². The second kappa shape index (κ2) is 4.61. The van der Waals surface area contributed by atoms with Gasteiger partial charge in [0.05, 0.1) is 16.1 Å². The fraction of sp³-hybridized carbons (Fsp3) is 0.538. The van der Waals surface area contributed by atoms with Crippen molar-refractivity contribution in [2.75, 3.05) is 0 Å². The third kappa shape index (κ3) is 2.64. The van der Waals surface area contributed by atoms with Gasteiger partial charge < -0.3 is 9.31 Å². The Morgan fingerprint density at radius 3 is 2.21 bits per heavy atom. The second-order valence-electron chi connectivity index (χ2n) is 5.78. The van der Waals surface area contributed by atoms with Crippen LogP contribution >= 0.6 is 0 Å². The predicted molar refractivity (Wildman–Crippen MR) is 72.9 cm³/mol. The molecule has 0 bridgehead atoms. The van der Waals surface area contributed by atoms with Crippen molar-refractivity contribution in [2.24, 2.45) is 0 Å². The number of nitrogens with zero attached hydrogens (tertiary/aromatic N) is 1. The summed E-state index contributed by atoms with van der Waals surface area (Å²) >= 11 is 0. The van der Waals surface area contributed by atoms with Gasteiger partial charge in [-0.3, -0.25) is 10.1 Å². The highest BCUT2D eigenvalue weighted by molar-refractivity contribution is 6.45. The summed E-state index contributed by atoms with van der Waals surface area (Å²) in [6.07, 6.45) is 0.379. The SMILES string of the molecule is CC1(C)OB(Cc2ccccc2[N+](=O)[O-])OC1(C)C. The minimum absolute atomic E-state index is 0.109. The quantitative estimate of drug-likeness (QED) is 0.478. The third-order valence-corrected chi connectivity index (χ3v) is 3.88. The summed E-state index contributed by atoms with van der Waals surface area (Å²) in [7, 11) is -0.453. The van der Waals surface area contributed by atoms with E-state index in [2.05, 4.69) is 0 Å². The molecule has 2 rings (SSSR count). The van der Waals surface area contributed by atoms with Gasteiger partial charge >= 0.3 is 7.12 Å². The van der Waals surface area contributed by atoms with Gasteiger partial charge in [-0.15, -0.1) is 0 Å². The van der Waals surface area contributed by atoms with E-state index in [0.717, 1.165) is 0 Å². The Morgan fingerprint density at radius 1 is 1.16 bits per heavy atom. The Kier molecular flexibility index (Phi) is 3.41. The summed E-state index contributed by atoms with van der Waals surface area (Å²) in [6, 6.07) is 6.68. The first-order valence-corrected chi connectivity index (χ1v) is 6.31. The van der Waals surface area contributed by atoms with E-state index >= 15 is 0 Å². The summed E-state index contributed by atoms with van der Waals surface area (Å²) in [5.41, 5.74) is -0.0918. The molecule has 0 aliphatic carbocycles. The summed E-state index contributed by atoms with van der Waals surface area (Å²) in [5, 5.41) is 11.0. The summed E-state index contributed by atoms with van der Waals surface area (Å²) in [6.45, 7) is 7.86. The fourth-order valence-corrected chi connectivity index (χ4v) is 2.09. The molecule has 0 unspecified atom stereocenters. The van der Waals surface area contributed by atoms with E-state index < -0.39 is 18.3 Å². The van der Waals surface area contributed by atoms with E-state index in [1.165, 1.54) is 6.07 Å². The van der Waals surface area contributed by atoms with Crippen LogP contribution in [0.25, 0.3) is 0 Å². The van der Waals surface area contributed by atoms with Crippen LogP contribution in [-0.2, 0) is 15.6 Å². The van der Waals surface area contributed by atoms with Crippen LogP contribution in [0, 0.1) is 10.1 Å². The Labute approximate surface area is 113 Å². The number of rotatable bonds is 3. The topological polar surface area (TPSA) is 61.6 Å². The Balaban J connectivity index is 2.18. The normalized spacial score (nSPS) is 20.5. The van der Waals surface area contributed by atoms with Gasteiger partial charge in [0, 0.05) is 17.9 Å². The molecule has 1 heterocycles. The van der Waals surface area contributed by atoms with Crippen LogP contribution in [0.2, 0.25) is 0 Å².